The van der Waals surface area contributed by atoms with E-state index in [4.69, 9.17) is 5.26 Å². The van der Waals surface area contributed by atoms with Gasteiger partial charge in [0, 0.05) is 30.6 Å². The molecule has 0 aromatic carbocycles. The summed E-state index contributed by atoms with van der Waals surface area (Å²) in [4.78, 5) is 4.38. The lowest BCUT2D eigenvalue weighted by molar-refractivity contribution is 0.252. The second-order valence-electron chi connectivity index (χ2n) is 4.29. The molecule has 0 aliphatic carbocycles. The van der Waals surface area contributed by atoms with Crippen molar-refractivity contribution < 1.29 is 0 Å². The molecule has 1 N–H and O–H groups in total. The summed E-state index contributed by atoms with van der Waals surface area (Å²) in [5.41, 5.74) is 0. The maximum absolute atomic E-state index is 8.72. The minimum atomic E-state index is 0.642. The molecule has 4 heteroatoms. The van der Waals surface area contributed by atoms with Crippen molar-refractivity contribution in [2.45, 2.75) is 32.9 Å². The van der Waals surface area contributed by atoms with Gasteiger partial charge < -0.3 is 10.2 Å². The standard InChI is InChI=1S/C13H21N3S/c1-4-11(2)16(3)8-7-15-10-13-6-5-12(9-14)17-13/h5-6,11,15H,4,7-8,10H2,1-3H3. The summed E-state index contributed by atoms with van der Waals surface area (Å²) in [6.45, 7) is 7.37. The van der Waals surface area contributed by atoms with E-state index in [1.807, 2.05) is 12.1 Å². The highest BCUT2D eigenvalue weighted by Gasteiger charge is 2.05. The van der Waals surface area contributed by atoms with Crippen molar-refractivity contribution in [3.63, 3.8) is 0 Å². The highest BCUT2D eigenvalue weighted by Crippen LogP contribution is 2.14. The van der Waals surface area contributed by atoms with Gasteiger partial charge in [0.05, 0.1) is 0 Å². The minimum Gasteiger partial charge on any atom is -0.311 e. The molecule has 1 rings (SSSR count). The smallest absolute Gasteiger partial charge is 0.110 e. The molecule has 17 heavy (non-hydrogen) atoms. The molecule has 0 bridgehead atoms. The van der Waals surface area contributed by atoms with Gasteiger partial charge in [0.25, 0.3) is 0 Å². The Morgan fingerprint density at radius 3 is 2.88 bits per heavy atom. The summed E-state index contributed by atoms with van der Waals surface area (Å²) in [7, 11) is 2.16. The molecule has 0 fully saturated rings. The molecule has 0 aliphatic rings. The van der Waals surface area contributed by atoms with Crippen molar-refractivity contribution >= 4 is 11.3 Å². The van der Waals surface area contributed by atoms with Gasteiger partial charge in [0.2, 0.25) is 0 Å². The summed E-state index contributed by atoms with van der Waals surface area (Å²) < 4.78 is 0. The molecule has 94 valence electrons. The van der Waals surface area contributed by atoms with E-state index in [1.165, 1.54) is 11.3 Å². The van der Waals surface area contributed by atoms with Gasteiger partial charge in [-0.1, -0.05) is 6.92 Å². The Bertz CT molecular complexity index is 367. The third-order valence-electron chi connectivity index (χ3n) is 3.06. The van der Waals surface area contributed by atoms with E-state index in [2.05, 4.69) is 37.2 Å². The zero-order valence-electron chi connectivity index (χ0n) is 10.9. The first-order chi connectivity index (χ1) is 8.17. The monoisotopic (exact) mass is 251 g/mol. The van der Waals surface area contributed by atoms with Crippen molar-refractivity contribution in [1.82, 2.24) is 10.2 Å². The van der Waals surface area contributed by atoms with Crippen LogP contribution in [0.2, 0.25) is 0 Å². The van der Waals surface area contributed by atoms with Gasteiger partial charge in [0.1, 0.15) is 10.9 Å². The molecular formula is C13H21N3S. The van der Waals surface area contributed by atoms with Gasteiger partial charge in [-0.25, -0.2) is 0 Å². The van der Waals surface area contributed by atoms with Gasteiger partial charge in [-0.2, -0.15) is 5.26 Å². The number of nitrogens with zero attached hydrogens (tertiary/aromatic N) is 2. The number of rotatable bonds is 7. The topological polar surface area (TPSA) is 39.1 Å². The Balaban J connectivity index is 2.18. The molecule has 0 saturated heterocycles. The highest BCUT2D eigenvalue weighted by atomic mass is 32.1. The van der Waals surface area contributed by atoms with Crippen LogP contribution in [-0.2, 0) is 6.54 Å². The predicted molar refractivity (Wildman–Crippen MR) is 73.1 cm³/mol. The van der Waals surface area contributed by atoms with Crippen molar-refractivity contribution in [2.75, 3.05) is 20.1 Å². The lowest BCUT2D eigenvalue weighted by Crippen LogP contribution is -2.34. The van der Waals surface area contributed by atoms with Crippen LogP contribution >= 0.6 is 11.3 Å². The third-order valence-corrected chi connectivity index (χ3v) is 4.05. The van der Waals surface area contributed by atoms with Gasteiger partial charge in [-0.05, 0) is 32.5 Å². The number of likely N-dealkylation sites (N-methyl/N-ethyl adjacent to an activating group) is 1. The van der Waals surface area contributed by atoms with Crippen molar-refractivity contribution in [3.8, 4) is 6.07 Å². The van der Waals surface area contributed by atoms with Crippen LogP contribution in [-0.4, -0.2) is 31.1 Å². The van der Waals surface area contributed by atoms with E-state index in [0.717, 1.165) is 24.5 Å². The van der Waals surface area contributed by atoms with Crippen LogP contribution in [0.1, 0.15) is 30.0 Å². The Morgan fingerprint density at radius 2 is 2.29 bits per heavy atom. The third kappa shape index (κ3) is 4.86. The zero-order chi connectivity index (χ0) is 12.7. The average molecular weight is 251 g/mol. The molecule has 0 radical (unpaired) electrons. The molecule has 1 atom stereocenters. The van der Waals surface area contributed by atoms with Crippen molar-refractivity contribution in [3.05, 3.63) is 21.9 Å². The second-order valence-corrected chi connectivity index (χ2v) is 5.46. The fourth-order valence-electron chi connectivity index (χ4n) is 1.53. The lowest BCUT2D eigenvalue weighted by Gasteiger charge is -2.23. The SMILES string of the molecule is CCC(C)N(C)CCNCc1ccc(C#N)s1. The normalized spacial score (nSPS) is 12.6. The van der Waals surface area contributed by atoms with Crippen molar-refractivity contribution in [1.29, 1.82) is 5.26 Å². The zero-order valence-corrected chi connectivity index (χ0v) is 11.7. The first-order valence-electron chi connectivity index (χ1n) is 6.07. The average Bonchev–Trinajstić information content (AvgIpc) is 2.81. The van der Waals surface area contributed by atoms with Crippen LogP contribution in [0.15, 0.2) is 12.1 Å². The largest absolute Gasteiger partial charge is 0.311 e. The number of nitrogens with one attached hydrogen (secondary N) is 1. The molecule has 3 nitrogen and oxygen atoms in total. The fraction of sp³-hybridized carbons (Fsp3) is 0.615. The molecule has 1 aromatic heterocycles. The van der Waals surface area contributed by atoms with E-state index in [1.54, 1.807) is 11.3 Å². The summed E-state index contributed by atoms with van der Waals surface area (Å²) in [5, 5.41) is 12.1. The molecule has 0 aliphatic heterocycles. The van der Waals surface area contributed by atoms with E-state index < -0.39 is 0 Å². The Hall–Kier alpha value is -0.890. The Labute approximate surface area is 108 Å². The molecule has 1 heterocycles. The van der Waals surface area contributed by atoms with Crippen LogP contribution in [0.4, 0.5) is 0 Å². The van der Waals surface area contributed by atoms with Crippen LogP contribution in [0, 0.1) is 11.3 Å². The number of nitriles is 1. The molecular weight excluding hydrogens is 230 g/mol. The molecule has 0 spiro atoms. The number of hydrogen-bond donors (Lipinski definition) is 1. The van der Waals surface area contributed by atoms with Gasteiger partial charge in [-0.3, -0.25) is 0 Å². The van der Waals surface area contributed by atoms with E-state index in [9.17, 15) is 0 Å². The van der Waals surface area contributed by atoms with Crippen molar-refractivity contribution in [2.24, 2.45) is 0 Å². The Kier molecular flexibility index (Phi) is 6.20. The van der Waals surface area contributed by atoms with Crippen LogP contribution in [0.3, 0.4) is 0 Å². The second kappa shape index (κ2) is 7.44. The molecule has 0 saturated carbocycles. The van der Waals surface area contributed by atoms with Crippen LogP contribution in [0.25, 0.3) is 0 Å². The molecule has 1 unspecified atom stereocenters. The fourth-order valence-corrected chi connectivity index (χ4v) is 2.31. The van der Waals surface area contributed by atoms with Crippen LogP contribution in [0.5, 0.6) is 0 Å². The first kappa shape index (κ1) is 14.2. The maximum Gasteiger partial charge on any atom is 0.110 e. The van der Waals surface area contributed by atoms with Gasteiger partial charge >= 0.3 is 0 Å². The van der Waals surface area contributed by atoms with Gasteiger partial charge in [-0.15, -0.1) is 11.3 Å². The lowest BCUT2D eigenvalue weighted by atomic mass is 10.2. The maximum atomic E-state index is 8.72. The quantitative estimate of drug-likeness (QED) is 0.757. The van der Waals surface area contributed by atoms with Crippen LogP contribution < -0.4 is 5.32 Å². The summed E-state index contributed by atoms with van der Waals surface area (Å²) in [5.74, 6) is 0. The van der Waals surface area contributed by atoms with Gasteiger partial charge in [0.15, 0.2) is 0 Å². The predicted octanol–water partition coefficient (Wildman–Crippen LogP) is 2.44. The Morgan fingerprint density at radius 1 is 1.53 bits per heavy atom. The van der Waals surface area contributed by atoms with E-state index in [-0.39, 0.29) is 0 Å². The van der Waals surface area contributed by atoms with E-state index >= 15 is 0 Å². The van der Waals surface area contributed by atoms with E-state index in [0.29, 0.717) is 6.04 Å². The summed E-state index contributed by atoms with van der Waals surface area (Å²) in [6, 6.07) is 6.71. The number of thiophene rings is 1. The first-order valence-corrected chi connectivity index (χ1v) is 6.88. The summed E-state index contributed by atoms with van der Waals surface area (Å²) in [6.07, 6.45) is 1.19. The minimum absolute atomic E-state index is 0.642. The summed E-state index contributed by atoms with van der Waals surface area (Å²) >= 11 is 1.57. The highest BCUT2D eigenvalue weighted by molar-refractivity contribution is 7.12. The molecule has 1 aromatic rings. The molecule has 0 amide bonds. The number of hydrogen-bond acceptors (Lipinski definition) is 4.